The highest BCUT2D eigenvalue weighted by Gasteiger charge is 2.43. The molecule has 1 unspecified atom stereocenters. The molecule has 180 valence electrons. The van der Waals surface area contributed by atoms with Crippen LogP contribution in [0, 0.1) is 0 Å². The lowest BCUT2D eigenvalue weighted by Gasteiger charge is -2.38. The van der Waals surface area contributed by atoms with Gasteiger partial charge in [0.05, 0.1) is 17.1 Å². The predicted molar refractivity (Wildman–Crippen MR) is 123 cm³/mol. The average Bonchev–Trinajstić information content (AvgIpc) is 3.25. The van der Waals surface area contributed by atoms with Crippen molar-refractivity contribution in [2.45, 2.75) is 41.9 Å². The van der Waals surface area contributed by atoms with Crippen molar-refractivity contribution in [3.63, 3.8) is 0 Å². The Labute approximate surface area is 194 Å². The van der Waals surface area contributed by atoms with Crippen molar-refractivity contribution in [3.8, 4) is 5.75 Å². The number of ether oxygens (including phenoxy) is 2. The van der Waals surface area contributed by atoms with E-state index in [0.29, 0.717) is 18.9 Å². The summed E-state index contributed by atoms with van der Waals surface area (Å²) in [5.41, 5.74) is -0.135. The zero-order valence-corrected chi connectivity index (χ0v) is 19.5. The molecule has 2 aliphatic heterocycles. The van der Waals surface area contributed by atoms with Crippen LogP contribution in [0.4, 0.5) is 5.95 Å². The minimum Gasteiger partial charge on any atom is -0.491 e. The molecule has 0 bridgehead atoms. The molecule has 0 saturated carbocycles. The summed E-state index contributed by atoms with van der Waals surface area (Å²) in [4.78, 5) is 11.0. The van der Waals surface area contributed by atoms with E-state index in [1.807, 2.05) is 6.07 Å². The number of aliphatic hydroxyl groups is 1. The van der Waals surface area contributed by atoms with Gasteiger partial charge in [0.15, 0.2) is 0 Å². The maximum atomic E-state index is 11.9. The Morgan fingerprint density at radius 2 is 2.03 bits per heavy atom. The Morgan fingerprint density at radius 1 is 1.27 bits per heavy atom. The number of piperidine rings is 1. The number of aliphatic hydroxyl groups excluding tert-OH is 1. The van der Waals surface area contributed by atoms with Crippen LogP contribution in [-0.4, -0.2) is 81.1 Å². The fourth-order valence-electron chi connectivity index (χ4n) is 4.30. The van der Waals surface area contributed by atoms with E-state index in [0.717, 1.165) is 38.3 Å². The van der Waals surface area contributed by atoms with Crippen molar-refractivity contribution in [3.05, 3.63) is 42.7 Å². The second kappa shape index (κ2) is 10.3. The second-order valence-electron chi connectivity index (χ2n) is 8.49. The maximum absolute atomic E-state index is 11.9. The number of benzene rings is 1. The number of aromatic nitrogens is 2. The van der Waals surface area contributed by atoms with Crippen LogP contribution in [0.3, 0.4) is 0 Å². The molecule has 2 saturated heterocycles. The lowest BCUT2D eigenvalue weighted by atomic mass is 9.87. The number of nitrogens with one attached hydrogen (secondary N) is 2. The fourth-order valence-corrected chi connectivity index (χ4v) is 5.06. The van der Waals surface area contributed by atoms with Crippen molar-refractivity contribution >= 4 is 16.0 Å². The molecule has 2 aliphatic rings. The number of nitrogens with zero attached hydrogens (tertiary/aromatic N) is 3. The van der Waals surface area contributed by atoms with E-state index in [1.165, 1.54) is 19.2 Å². The molecule has 11 heteroatoms. The third kappa shape index (κ3) is 5.98. The molecule has 1 spiro atoms. The number of sulfonamides is 1. The van der Waals surface area contributed by atoms with Crippen molar-refractivity contribution < 1.29 is 23.0 Å². The van der Waals surface area contributed by atoms with Gasteiger partial charge < -0.3 is 24.8 Å². The first-order chi connectivity index (χ1) is 15.9. The molecule has 3 heterocycles. The number of anilines is 1. The van der Waals surface area contributed by atoms with Crippen LogP contribution >= 0.6 is 0 Å². The molecule has 4 rings (SSSR count). The van der Waals surface area contributed by atoms with Crippen molar-refractivity contribution in [2.24, 2.45) is 0 Å². The fraction of sp³-hybridized carbons (Fsp3) is 0.545. The Bertz CT molecular complexity index is 1010. The highest BCUT2D eigenvalue weighted by molar-refractivity contribution is 7.89. The largest absolute Gasteiger partial charge is 0.491 e. The lowest BCUT2D eigenvalue weighted by molar-refractivity contribution is -0.0152. The van der Waals surface area contributed by atoms with Crippen LogP contribution in [0.15, 0.2) is 47.6 Å². The Kier molecular flexibility index (Phi) is 7.45. The first-order valence-corrected chi connectivity index (χ1v) is 12.6. The molecule has 2 atom stereocenters. The SMILES string of the molecule is CNS(=O)(=O)c1cccc(OC[C@@H](O)CNC2COC3(CCN(c4ncccn4)CC3)C2)c1. The molecule has 2 aromatic rings. The molecule has 10 nitrogen and oxygen atoms in total. The zero-order chi connectivity index (χ0) is 23.3. The van der Waals surface area contributed by atoms with Gasteiger partial charge in [-0.15, -0.1) is 0 Å². The molecular weight excluding hydrogens is 446 g/mol. The van der Waals surface area contributed by atoms with Gasteiger partial charge in [0.1, 0.15) is 18.5 Å². The van der Waals surface area contributed by atoms with Gasteiger partial charge in [-0.1, -0.05) is 6.07 Å². The van der Waals surface area contributed by atoms with E-state index in [4.69, 9.17) is 9.47 Å². The Hall–Kier alpha value is -2.31. The van der Waals surface area contributed by atoms with Crippen LogP contribution in [0.2, 0.25) is 0 Å². The van der Waals surface area contributed by atoms with E-state index in [-0.39, 0.29) is 23.1 Å². The van der Waals surface area contributed by atoms with E-state index < -0.39 is 16.1 Å². The third-order valence-corrected chi connectivity index (χ3v) is 7.60. The molecule has 1 aromatic carbocycles. The highest BCUT2D eigenvalue weighted by atomic mass is 32.2. The summed E-state index contributed by atoms with van der Waals surface area (Å²) in [6, 6.07) is 8.18. The van der Waals surface area contributed by atoms with Gasteiger partial charge in [0, 0.05) is 44.1 Å². The summed E-state index contributed by atoms with van der Waals surface area (Å²) in [6.07, 6.45) is 5.52. The maximum Gasteiger partial charge on any atom is 0.240 e. The van der Waals surface area contributed by atoms with Crippen molar-refractivity contribution in [1.82, 2.24) is 20.0 Å². The molecule has 33 heavy (non-hydrogen) atoms. The van der Waals surface area contributed by atoms with E-state index in [1.54, 1.807) is 24.5 Å². The van der Waals surface area contributed by atoms with Crippen molar-refractivity contribution in [1.29, 1.82) is 0 Å². The van der Waals surface area contributed by atoms with Gasteiger partial charge in [-0.25, -0.2) is 23.1 Å². The van der Waals surface area contributed by atoms with Gasteiger partial charge in [0.25, 0.3) is 0 Å². The Balaban J connectivity index is 1.20. The number of rotatable bonds is 9. The molecule has 3 N–H and O–H groups in total. The first kappa shape index (κ1) is 23.8. The predicted octanol–water partition coefficient (Wildman–Crippen LogP) is 0.542. The number of hydrogen-bond donors (Lipinski definition) is 3. The molecule has 0 aliphatic carbocycles. The van der Waals surface area contributed by atoms with Crippen LogP contribution in [0.5, 0.6) is 5.75 Å². The molecule has 0 radical (unpaired) electrons. The van der Waals surface area contributed by atoms with Gasteiger partial charge in [-0.05, 0) is 44.5 Å². The topological polar surface area (TPSA) is 126 Å². The quantitative estimate of drug-likeness (QED) is 0.474. The van der Waals surface area contributed by atoms with Crippen LogP contribution < -0.4 is 19.7 Å². The van der Waals surface area contributed by atoms with E-state index in [9.17, 15) is 13.5 Å². The normalized spacial score (nSPS) is 21.3. The van der Waals surface area contributed by atoms with Gasteiger partial charge in [-0.3, -0.25) is 0 Å². The summed E-state index contributed by atoms with van der Waals surface area (Å²) in [6.45, 7) is 2.74. The molecule has 0 amide bonds. The van der Waals surface area contributed by atoms with E-state index >= 15 is 0 Å². The lowest BCUT2D eigenvalue weighted by Crippen LogP contribution is -2.45. The molecule has 1 aromatic heterocycles. The highest BCUT2D eigenvalue weighted by Crippen LogP contribution is 2.36. The van der Waals surface area contributed by atoms with Crippen LogP contribution in [0.1, 0.15) is 19.3 Å². The van der Waals surface area contributed by atoms with Gasteiger partial charge >= 0.3 is 0 Å². The van der Waals surface area contributed by atoms with E-state index in [2.05, 4.69) is 24.9 Å². The van der Waals surface area contributed by atoms with Gasteiger partial charge in [-0.2, -0.15) is 0 Å². The zero-order valence-electron chi connectivity index (χ0n) is 18.7. The Morgan fingerprint density at radius 3 is 2.76 bits per heavy atom. The molecular formula is C22H31N5O5S. The summed E-state index contributed by atoms with van der Waals surface area (Å²) in [7, 11) is -2.18. The summed E-state index contributed by atoms with van der Waals surface area (Å²) < 4.78 is 37.9. The minimum absolute atomic E-state index is 0.0564. The van der Waals surface area contributed by atoms with Crippen molar-refractivity contribution in [2.75, 3.05) is 44.8 Å². The smallest absolute Gasteiger partial charge is 0.240 e. The van der Waals surface area contributed by atoms with Gasteiger partial charge in [0.2, 0.25) is 16.0 Å². The number of hydrogen-bond acceptors (Lipinski definition) is 9. The third-order valence-electron chi connectivity index (χ3n) is 6.19. The average molecular weight is 478 g/mol. The second-order valence-corrected chi connectivity index (χ2v) is 10.4. The van der Waals surface area contributed by atoms with Crippen LogP contribution in [0.25, 0.3) is 0 Å². The summed E-state index contributed by atoms with van der Waals surface area (Å²) in [5, 5.41) is 13.7. The molecule has 2 fully saturated rings. The summed E-state index contributed by atoms with van der Waals surface area (Å²) in [5.74, 6) is 1.15. The monoisotopic (exact) mass is 477 g/mol. The van der Waals surface area contributed by atoms with Crippen LogP contribution in [-0.2, 0) is 14.8 Å². The minimum atomic E-state index is -3.54. The summed E-state index contributed by atoms with van der Waals surface area (Å²) >= 11 is 0. The first-order valence-electron chi connectivity index (χ1n) is 11.1. The standard InChI is InChI=1S/C22H31N5O5S/c1-23-33(29,30)20-5-2-4-19(12-20)31-16-18(28)14-26-17-13-22(32-15-17)6-10-27(11-7-22)21-24-8-3-9-25-21/h2-5,8-9,12,17-18,23,26,28H,6-7,10-11,13-16H2,1H3/t17?,18-/m0/s1.